The quantitative estimate of drug-likeness (QED) is 0.741. The lowest BCUT2D eigenvalue weighted by Crippen LogP contribution is -2.31. The summed E-state index contributed by atoms with van der Waals surface area (Å²) in [6.07, 6.45) is 0. The number of anilines is 1. The number of carbonyl (C=O) groups excluding carboxylic acids is 1. The van der Waals surface area contributed by atoms with Gasteiger partial charge in [-0.2, -0.15) is 0 Å². The minimum absolute atomic E-state index is 0.0729. The maximum Gasteiger partial charge on any atom is 0.317 e. The van der Waals surface area contributed by atoms with Crippen molar-refractivity contribution >= 4 is 29.2 Å². The van der Waals surface area contributed by atoms with Crippen molar-refractivity contribution in [1.82, 2.24) is 5.32 Å². The third kappa shape index (κ3) is 4.84. The normalized spacial score (nSPS) is 10.0. The lowest BCUT2D eigenvalue weighted by atomic mass is 10.2. The summed E-state index contributed by atoms with van der Waals surface area (Å²) in [5.41, 5.74) is 1.51. The number of carbonyl (C=O) groups is 2. The van der Waals surface area contributed by atoms with Gasteiger partial charge in [0.25, 0.3) is 0 Å². The molecular formula is C11H13ClN2O3. The van der Waals surface area contributed by atoms with Crippen molar-refractivity contribution in [2.75, 3.05) is 18.4 Å². The van der Waals surface area contributed by atoms with Gasteiger partial charge >= 0.3 is 5.97 Å². The molecule has 0 radical (unpaired) electrons. The first-order valence-corrected chi connectivity index (χ1v) is 5.35. The Kier molecular flexibility index (Phi) is 4.93. The van der Waals surface area contributed by atoms with E-state index in [1.54, 1.807) is 12.1 Å². The molecule has 1 rings (SSSR count). The van der Waals surface area contributed by atoms with Gasteiger partial charge in [0.05, 0.1) is 23.8 Å². The van der Waals surface area contributed by atoms with Gasteiger partial charge in [0.1, 0.15) is 0 Å². The highest BCUT2D eigenvalue weighted by atomic mass is 35.5. The predicted molar refractivity (Wildman–Crippen MR) is 65.3 cm³/mol. The largest absolute Gasteiger partial charge is 0.480 e. The van der Waals surface area contributed by atoms with E-state index >= 15 is 0 Å². The highest BCUT2D eigenvalue weighted by Gasteiger charge is 2.06. The van der Waals surface area contributed by atoms with Crippen LogP contribution in [0, 0.1) is 6.92 Å². The summed E-state index contributed by atoms with van der Waals surface area (Å²) in [4.78, 5) is 21.6. The molecule has 0 aliphatic carbocycles. The van der Waals surface area contributed by atoms with Crippen molar-refractivity contribution in [3.05, 3.63) is 28.8 Å². The van der Waals surface area contributed by atoms with E-state index < -0.39 is 5.97 Å². The zero-order chi connectivity index (χ0) is 12.8. The fraction of sp³-hybridized carbons (Fsp3) is 0.273. The molecule has 0 spiro atoms. The number of amides is 1. The molecule has 0 saturated heterocycles. The Labute approximate surface area is 104 Å². The Morgan fingerprint density at radius 3 is 2.65 bits per heavy atom. The highest BCUT2D eigenvalue weighted by molar-refractivity contribution is 6.33. The van der Waals surface area contributed by atoms with Crippen LogP contribution in [0.15, 0.2) is 18.2 Å². The van der Waals surface area contributed by atoms with Crippen LogP contribution in [0.25, 0.3) is 0 Å². The Hall–Kier alpha value is -1.59. The number of carboxylic acids is 1. The number of rotatable bonds is 5. The van der Waals surface area contributed by atoms with Crippen LogP contribution in [0.1, 0.15) is 5.56 Å². The van der Waals surface area contributed by atoms with E-state index in [1.807, 2.05) is 13.0 Å². The summed E-state index contributed by atoms with van der Waals surface area (Å²) < 4.78 is 0. The van der Waals surface area contributed by atoms with E-state index in [1.165, 1.54) is 0 Å². The number of aryl methyl sites for hydroxylation is 1. The van der Waals surface area contributed by atoms with Gasteiger partial charge in [-0.25, -0.2) is 0 Å². The van der Waals surface area contributed by atoms with E-state index in [2.05, 4.69) is 10.6 Å². The number of carboxylic acid groups (broad SMARTS) is 1. The summed E-state index contributed by atoms with van der Waals surface area (Å²) in [7, 11) is 0. The smallest absolute Gasteiger partial charge is 0.317 e. The molecule has 0 bridgehead atoms. The first-order valence-electron chi connectivity index (χ1n) is 4.97. The maximum atomic E-state index is 11.4. The van der Waals surface area contributed by atoms with Gasteiger partial charge in [-0.05, 0) is 24.6 Å². The van der Waals surface area contributed by atoms with E-state index in [9.17, 15) is 9.59 Å². The van der Waals surface area contributed by atoms with Gasteiger partial charge < -0.3 is 10.4 Å². The average molecular weight is 257 g/mol. The second kappa shape index (κ2) is 6.22. The molecule has 92 valence electrons. The van der Waals surface area contributed by atoms with Gasteiger partial charge in [-0.3, -0.25) is 14.9 Å². The molecule has 5 nitrogen and oxygen atoms in total. The van der Waals surface area contributed by atoms with Crippen molar-refractivity contribution in [2.24, 2.45) is 0 Å². The van der Waals surface area contributed by atoms with Crippen LogP contribution in [0.5, 0.6) is 0 Å². The number of halogens is 1. The summed E-state index contributed by atoms with van der Waals surface area (Å²) in [5.74, 6) is -1.34. The predicted octanol–water partition coefficient (Wildman–Crippen LogP) is 1.26. The third-order valence-corrected chi connectivity index (χ3v) is 2.27. The molecule has 0 saturated carbocycles. The number of hydrogen-bond acceptors (Lipinski definition) is 3. The van der Waals surface area contributed by atoms with Crippen molar-refractivity contribution in [3.8, 4) is 0 Å². The molecule has 1 aromatic carbocycles. The molecule has 3 N–H and O–H groups in total. The van der Waals surface area contributed by atoms with Crippen molar-refractivity contribution in [2.45, 2.75) is 6.92 Å². The van der Waals surface area contributed by atoms with Crippen LogP contribution in [0.3, 0.4) is 0 Å². The molecule has 0 unspecified atom stereocenters. The van der Waals surface area contributed by atoms with Gasteiger partial charge in [-0.1, -0.05) is 17.7 Å². The summed E-state index contributed by atoms with van der Waals surface area (Å²) in [6.45, 7) is 1.57. The zero-order valence-electron chi connectivity index (χ0n) is 9.29. The molecule has 6 heteroatoms. The average Bonchev–Trinajstić information content (AvgIpc) is 2.21. The van der Waals surface area contributed by atoms with Gasteiger partial charge in [0, 0.05) is 0 Å². The molecule has 0 heterocycles. The minimum atomic E-state index is -1.01. The monoisotopic (exact) mass is 256 g/mol. The second-order valence-electron chi connectivity index (χ2n) is 3.53. The Morgan fingerprint density at radius 2 is 2.06 bits per heavy atom. The molecule has 17 heavy (non-hydrogen) atoms. The fourth-order valence-electron chi connectivity index (χ4n) is 1.20. The van der Waals surface area contributed by atoms with Crippen molar-refractivity contribution in [1.29, 1.82) is 0 Å². The van der Waals surface area contributed by atoms with Crippen LogP contribution < -0.4 is 10.6 Å². The first kappa shape index (κ1) is 13.5. The highest BCUT2D eigenvalue weighted by Crippen LogP contribution is 2.22. The van der Waals surface area contributed by atoms with E-state index in [0.717, 1.165) is 5.56 Å². The lowest BCUT2D eigenvalue weighted by molar-refractivity contribution is -0.135. The standard InChI is InChI=1S/C11H13ClN2O3/c1-7-2-3-9(8(12)4-7)14-10(15)5-13-6-11(16)17/h2-4,13H,5-6H2,1H3,(H,14,15)(H,16,17). The van der Waals surface area contributed by atoms with Gasteiger partial charge in [0.2, 0.25) is 5.91 Å². The van der Waals surface area contributed by atoms with E-state index in [4.69, 9.17) is 16.7 Å². The number of aliphatic carboxylic acids is 1. The summed E-state index contributed by atoms with van der Waals surface area (Å²) >= 11 is 5.93. The van der Waals surface area contributed by atoms with Crippen LogP contribution in [0.2, 0.25) is 5.02 Å². The lowest BCUT2D eigenvalue weighted by Gasteiger charge is -2.07. The fourth-order valence-corrected chi connectivity index (χ4v) is 1.48. The van der Waals surface area contributed by atoms with Crippen LogP contribution in [-0.4, -0.2) is 30.1 Å². The third-order valence-electron chi connectivity index (χ3n) is 1.96. The topological polar surface area (TPSA) is 78.4 Å². The number of benzene rings is 1. The van der Waals surface area contributed by atoms with Crippen molar-refractivity contribution < 1.29 is 14.7 Å². The number of nitrogens with one attached hydrogen (secondary N) is 2. The Bertz CT molecular complexity index is 435. The van der Waals surface area contributed by atoms with Gasteiger partial charge in [0.15, 0.2) is 0 Å². The molecule has 0 aliphatic rings. The molecule has 0 aromatic heterocycles. The molecule has 1 amide bonds. The second-order valence-corrected chi connectivity index (χ2v) is 3.94. The molecule has 0 atom stereocenters. The van der Waals surface area contributed by atoms with Crippen molar-refractivity contribution in [3.63, 3.8) is 0 Å². The van der Waals surface area contributed by atoms with Gasteiger partial charge in [-0.15, -0.1) is 0 Å². The zero-order valence-corrected chi connectivity index (χ0v) is 10.0. The summed E-state index contributed by atoms with van der Waals surface area (Å²) in [6, 6.07) is 5.26. The maximum absolute atomic E-state index is 11.4. The Balaban J connectivity index is 2.48. The SMILES string of the molecule is Cc1ccc(NC(=O)CNCC(=O)O)c(Cl)c1. The summed E-state index contributed by atoms with van der Waals surface area (Å²) in [5, 5.41) is 13.9. The van der Waals surface area contributed by atoms with Crippen LogP contribution in [-0.2, 0) is 9.59 Å². The van der Waals surface area contributed by atoms with E-state index in [0.29, 0.717) is 10.7 Å². The molecule has 0 fully saturated rings. The number of hydrogen-bond donors (Lipinski definition) is 3. The van der Waals surface area contributed by atoms with Crippen LogP contribution in [0.4, 0.5) is 5.69 Å². The molecule has 0 aliphatic heterocycles. The van der Waals surface area contributed by atoms with Crippen LogP contribution >= 0.6 is 11.6 Å². The first-order chi connectivity index (χ1) is 7.99. The molecular weight excluding hydrogens is 244 g/mol. The minimum Gasteiger partial charge on any atom is -0.480 e. The molecule has 1 aromatic rings. The Morgan fingerprint density at radius 1 is 1.35 bits per heavy atom. The van der Waals surface area contributed by atoms with E-state index in [-0.39, 0.29) is 19.0 Å².